The van der Waals surface area contributed by atoms with Crippen molar-refractivity contribution in [2.24, 2.45) is 11.8 Å². The number of piperidine rings is 1. The van der Waals surface area contributed by atoms with Crippen molar-refractivity contribution < 1.29 is 19.1 Å². The molecule has 1 aromatic heterocycles. The molecule has 8 heteroatoms. The second-order valence-electron chi connectivity index (χ2n) is 6.64. The van der Waals surface area contributed by atoms with Crippen LogP contribution in [0.2, 0.25) is 10.0 Å². The molecule has 0 aliphatic carbocycles. The Kier molecular flexibility index (Phi) is 5.25. The number of carbonyl (C=O) groups excluding carboxylic acids is 1. The standard InChI is InChI=1S/C18H18Cl2N2O4/c1-9-5-12(18(24)25)8-22(7-9)17(23)15-10(2)26-16(21-15)11-3-4-13(19)14(20)6-11/h3-4,6,9,12H,5,7-8H2,1-2H3,(H,24,25). The van der Waals surface area contributed by atoms with Gasteiger partial charge in [0.25, 0.3) is 5.91 Å². The molecule has 26 heavy (non-hydrogen) atoms. The van der Waals surface area contributed by atoms with E-state index < -0.39 is 11.9 Å². The Hall–Kier alpha value is -2.05. The Morgan fingerprint density at radius 3 is 2.65 bits per heavy atom. The molecule has 138 valence electrons. The van der Waals surface area contributed by atoms with Crippen LogP contribution in [0.4, 0.5) is 0 Å². The van der Waals surface area contributed by atoms with Crippen LogP contribution in [0.5, 0.6) is 0 Å². The Morgan fingerprint density at radius 2 is 2.00 bits per heavy atom. The van der Waals surface area contributed by atoms with Crippen LogP contribution < -0.4 is 0 Å². The van der Waals surface area contributed by atoms with Gasteiger partial charge in [-0.25, -0.2) is 4.98 Å². The van der Waals surface area contributed by atoms with Gasteiger partial charge in [-0.2, -0.15) is 0 Å². The number of halogens is 2. The van der Waals surface area contributed by atoms with Crippen LogP contribution in [-0.4, -0.2) is 40.0 Å². The van der Waals surface area contributed by atoms with Gasteiger partial charge in [0.1, 0.15) is 5.76 Å². The van der Waals surface area contributed by atoms with Gasteiger partial charge >= 0.3 is 5.97 Å². The molecule has 0 radical (unpaired) electrons. The molecule has 2 aromatic rings. The molecule has 1 aliphatic heterocycles. The second-order valence-corrected chi connectivity index (χ2v) is 7.45. The zero-order valence-corrected chi connectivity index (χ0v) is 15.8. The number of nitrogens with zero attached hydrogens (tertiary/aromatic N) is 2. The first kappa shape index (κ1) is 18.7. The minimum absolute atomic E-state index is 0.107. The van der Waals surface area contributed by atoms with Gasteiger partial charge in [-0.15, -0.1) is 0 Å². The maximum atomic E-state index is 12.9. The maximum Gasteiger partial charge on any atom is 0.308 e. The number of aryl methyl sites for hydroxylation is 1. The molecule has 0 spiro atoms. The number of hydrogen-bond acceptors (Lipinski definition) is 4. The number of carboxylic acid groups (broad SMARTS) is 1. The fraction of sp³-hybridized carbons (Fsp3) is 0.389. The normalized spacial score (nSPS) is 20.2. The first-order valence-corrected chi connectivity index (χ1v) is 8.96. The Morgan fingerprint density at radius 1 is 1.27 bits per heavy atom. The zero-order valence-electron chi connectivity index (χ0n) is 14.3. The smallest absolute Gasteiger partial charge is 0.308 e. The molecule has 0 bridgehead atoms. The number of carboxylic acids is 1. The van der Waals surface area contributed by atoms with Crippen LogP contribution >= 0.6 is 23.2 Å². The van der Waals surface area contributed by atoms with Gasteiger partial charge in [-0.3, -0.25) is 9.59 Å². The van der Waals surface area contributed by atoms with Crippen LogP contribution in [0.3, 0.4) is 0 Å². The fourth-order valence-corrected chi connectivity index (χ4v) is 3.49. The van der Waals surface area contributed by atoms with E-state index in [4.69, 9.17) is 27.6 Å². The summed E-state index contributed by atoms with van der Waals surface area (Å²) < 4.78 is 5.63. The monoisotopic (exact) mass is 396 g/mol. The van der Waals surface area contributed by atoms with E-state index in [0.29, 0.717) is 34.3 Å². The highest BCUT2D eigenvalue weighted by atomic mass is 35.5. The molecule has 2 unspecified atom stereocenters. The summed E-state index contributed by atoms with van der Waals surface area (Å²) >= 11 is 11.9. The molecular formula is C18H18Cl2N2O4. The lowest BCUT2D eigenvalue weighted by molar-refractivity contribution is -0.143. The summed E-state index contributed by atoms with van der Waals surface area (Å²) in [7, 11) is 0. The van der Waals surface area contributed by atoms with Gasteiger partial charge in [-0.1, -0.05) is 30.1 Å². The lowest BCUT2D eigenvalue weighted by Crippen LogP contribution is -2.45. The van der Waals surface area contributed by atoms with E-state index in [1.54, 1.807) is 25.1 Å². The summed E-state index contributed by atoms with van der Waals surface area (Å²) in [5, 5.41) is 10.1. The van der Waals surface area contributed by atoms with E-state index >= 15 is 0 Å². The predicted octanol–water partition coefficient (Wildman–Crippen LogP) is 4.14. The summed E-state index contributed by atoms with van der Waals surface area (Å²) in [6, 6.07) is 4.95. The molecule has 2 atom stereocenters. The molecule has 0 saturated carbocycles. The molecule has 1 fully saturated rings. The summed E-state index contributed by atoms with van der Waals surface area (Å²) in [6.45, 7) is 4.26. The SMILES string of the molecule is Cc1oc(-c2ccc(Cl)c(Cl)c2)nc1C(=O)N1CC(C)CC(C(=O)O)C1. The molecule has 1 amide bonds. The number of amides is 1. The minimum atomic E-state index is -0.886. The number of aromatic nitrogens is 1. The van der Waals surface area contributed by atoms with Crippen LogP contribution in [-0.2, 0) is 4.79 Å². The number of likely N-dealkylation sites (tertiary alicyclic amines) is 1. The molecule has 1 aliphatic rings. The van der Waals surface area contributed by atoms with Crippen molar-refractivity contribution in [2.75, 3.05) is 13.1 Å². The maximum absolute atomic E-state index is 12.9. The third kappa shape index (κ3) is 3.71. The van der Waals surface area contributed by atoms with Gasteiger partial charge in [0.15, 0.2) is 5.69 Å². The van der Waals surface area contributed by atoms with Crippen molar-refractivity contribution in [1.29, 1.82) is 0 Å². The van der Waals surface area contributed by atoms with E-state index in [2.05, 4.69) is 4.98 Å². The lowest BCUT2D eigenvalue weighted by Gasteiger charge is -2.34. The van der Waals surface area contributed by atoms with Crippen molar-refractivity contribution in [3.8, 4) is 11.5 Å². The number of hydrogen-bond donors (Lipinski definition) is 1. The van der Waals surface area contributed by atoms with Crippen molar-refractivity contribution in [3.05, 3.63) is 39.7 Å². The number of carbonyl (C=O) groups is 2. The molecule has 6 nitrogen and oxygen atoms in total. The van der Waals surface area contributed by atoms with E-state index in [1.807, 2.05) is 6.92 Å². The Bertz CT molecular complexity index is 865. The Balaban J connectivity index is 1.87. The van der Waals surface area contributed by atoms with Gasteiger partial charge in [-0.05, 0) is 37.5 Å². The van der Waals surface area contributed by atoms with Gasteiger partial charge in [0.05, 0.1) is 16.0 Å². The average Bonchev–Trinajstić information content (AvgIpc) is 2.97. The molecule has 1 aromatic carbocycles. The average molecular weight is 397 g/mol. The largest absolute Gasteiger partial charge is 0.481 e. The summed E-state index contributed by atoms with van der Waals surface area (Å²) in [4.78, 5) is 30.0. The summed E-state index contributed by atoms with van der Waals surface area (Å²) in [5.41, 5.74) is 0.793. The zero-order chi connectivity index (χ0) is 19.0. The van der Waals surface area contributed by atoms with Gasteiger partial charge in [0, 0.05) is 18.7 Å². The van der Waals surface area contributed by atoms with E-state index in [0.717, 1.165) is 0 Å². The topological polar surface area (TPSA) is 83.6 Å². The second kappa shape index (κ2) is 7.29. The highest BCUT2D eigenvalue weighted by molar-refractivity contribution is 6.42. The van der Waals surface area contributed by atoms with Crippen molar-refractivity contribution in [2.45, 2.75) is 20.3 Å². The lowest BCUT2D eigenvalue weighted by atomic mass is 9.90. The molecular weight excluding hydrogens is 379 g/mol. The number of benzene rings is 1. The van der Waals surface area contributed by atoms with Crippen LogP contribution in [0, 0.1) is 18.8 Å². The van der Waals surface area contributed by atoms with E-state index in [1.165, 1.54) is 4.90 Å². The van der Waals surface area contributed by atoms with Crippen LogP contribution in [0.1, 0.15) is 29.6 Å². The third-order valence-electron chi connectivity index (χ3n) is 4.46. The highest BCUT2D eigenvalue weighted by Gasteiger charge is 2.34. The van der Waals surface area contributed by atoms with Gasteiger partial charge < -0.3 is 14.4 Å². The number of rotatable bonds is 3. The fourth-order valence-electron chi connectivity index (χ4n) is 3.19. The van der Waals surface area contributed by atoms with Crippen molar-refractivity contribution in [3.63, 3.8) is 0 Å². The number of oxazole rings is 1. The number of aliphatic carboxylic acids is 1. The molecule has 1 N–H and O–H groups in total. The first-order chi connectivity index (χ1) is 12.3. The molecule has 2 heterocycles. The summed E-state index contributed by atoms with van der Waals surface area (Å²) in [6.07, 6.45) is 0.561. The van der Waals surface area contributed by atoms with E-state index in [-0.39, 0.29) is 30.0 Å². The molecule has 1 saturated heterocycles. The van der Waals surface area contributed by atoms with Crippen LogP contribution in [0.15, 0.2) is 22.6 Å². The summed E-state index contributed by atoms with van der Waals surface area (Å²) in [5.74, 6) is -1.02. The molecule has 3 rings (SSSR count). The first-order valence-electron chi connectivity index (χ1n) is 8.21. The van der Waals surface area contributed by atoms with Crippen molar-refractivity contribution in [1.82, 2.24) is 9.88 Å². The Labute approximate surface area is 160 Å². The predicted molar refractivity (Wildman–Crippen MR) is 97.5 cm³/mol. The highest BCUT2D eigenvalue weighted by Crippen LogP contribution is 2.30. The third-order valence-corrected chi connectivity index (χ3v) is 5.20. The minimum Gasteiger partial charge on any atom is -0.481 e. The van der Waals surface area contributed by atoms with Crippen LogP contribution in [0.25, 0.3) is 11.5 Å². The van der Waals surface area contributed by atoms with Crippen molar-refractivity contribution >= 4 is 35.1 Å². The van der Waals surface area contributed by atoms with E-state index in [9.17, 15) is 14.7 Å². The quantitative estimate of drug-likeness (QED) is 0.842. The van der Waals surface area contributed by atoms with Gasteiger partial charge in [0.2, 0.25) is 5.89 Å².